The average Bonchev–Trinajstić information content (AvgIpc) is 2.60. The quantitative estimate of drug-likeness (QED) is 0.660. The second kappa shape index (κ2) is 9.38. The second-order valence-corrected chi connectivity index (χ2v) is 6.37. The summed E-state index contributed by atoms with van der Waals surface area (Å²) in [5.74, 6) is -3.59. The van der Waals surface area contributed by atoms with Crippen molar-refractivity contribution in [1.29, 1.82) is 0 Å². The molecule has 0 aliphatic carbocycles. The van der Waals surface area contributed by atoms with Crippen LogP contribution in [-0.2, 0) is 16.1 Å². The van der Waals surface area contributed by atoms with Crippen LogP contribution in [0.4, 0.5) is 18.9 Å². The predicted molar refractivity (Wildman–Crippen MR) is 94.9 cm³/mol. The Kier molecular flexibility index (Phi) is 7.20. The minimum atomic E-state index is -1.09. The molecular formula is C18H18ClF3N3O2+. The van der Waals surface area contributed by atoms with Gasteiger partial charge in [0, 0.05) is 11.8 Å². The molecule has 2 aromatic rings. The maximum absolute atomic E-state index is 13.8. The van der Waals surface area contributed by atoms with Crippen LogP contribution in [0.1, 0.15) is 5.56 Å². The van der Waals surface area contributed by atoms with Crippen molar-refractivity contribution in [3.05, 3.63) is 64.4 Å². The van der Waals surface area contributed by atoms with Crippen molar-refractivity contribution in [3.8, 4) is 0 Å². The van der Waals surface area contributed by atoms with E-state index in [1.165, 1.54) is 18.2 Å². The van der Waals surface area contributed by atoms with E-state index in [-0.39, 0.29) is 30.3 Å². The number of carbonyl (C=O) groups is 2. The van der Waals surface area contributed by atoms with E-state index < -0.39 is 29.3 Å². The normalized spacial score (nSPS) is 11.7. The number of nitrogens with one attached hydrogen (secondary N) is 3. The molecule has 144 valence electrons. The van der Waals surface area contributed by atoms with Gasteiger partial charge in [0.25, 0.3) is 5.91 Å². The first-order valence-electron chi connectivity index (χ1n) is 8.02. The van der Waals surface area contributed by atoms with Gasteiger partial charge in [0.1, 0.15) is 12.4 Å². The highest BCUT2D eigenvalue weighted by Crippen LogP contribution is 2.17. The van der Waals surface area contributed by atoms with Gasteiger partial charge in [-0.1, -0.05) is 17.7 Å². The van der Waals surface area contributed by atoms with Crippen molar-refractivity contribution < 1.29 is 27.7 Å². The Hall–Kier alpha value is -2.58. The molecule has 0 heterocycles. The predicted octanol–water partition coefficient (Wildman–Crippen LogP) is 1.53. The molecule has 0 spiro atoms. The smallest absolute Gasteiger partial charge is 0.275 e. The molecule has 0 radical (unpaired) electrons. The molecule has 0 saturated heterocycles. The van der Waals surface area contributed by atoms with Crippen LogP contribution in [0.15, 0.2) is 36.4 Å². The van der Waals surface area contributed by atoms with E-state index in [0.717, 1.165) is 12.1 Å². The van der Waals surface area contributed by atoms with Crippen LogP contribution < -0.4 is 15.5 Å². The topological polar surface area (TPSA) is 62.6 Å². The molecule has 0 aliphatic heterocycles. The maximum Gasteiger partial charge on any atom is 0.275 e. The summed E-state index contributed by atoms with van der Waals surface area (Å²) in [6, 6.07) is 7.27. The summed E-state index contributed by atoms with van der Waals surface area (Å²) in [6.07, 6.45) is 0. The Balaban J connectivity index is 1.79. The largest absolute Gasteiger partial charge is 0.342 e. The molecule has 2 rings (SSSR count). The highest BCUT2D eigenvalue weighted by molar-refractivity contribution is 6.31. The standard InChI is InChI=1S/C18H17ClF3N3O2/c1-25(9-12-13(19)3-2-4-14(12)20)10-18(27)23-8-17(26)24-11-5-6-15(21)16(22)7-11/h2-7H,8-10H2,1H3,(H,23,27)(H,24,26)/p+1. The number of rotatable bonds is 7. The van der Waals surface area contributed by atoms with Crippen molar-refractivity contribution in [3.63, 3.8) is 0 Å². The molecule has 27 heavy (non-hydrogen) atoms. The third-order valence-electron chi connectivity index (χ3n) is 3.65. The molecule has 3 N–H and O–H groups in total. The summed E-state index contributed by atoms with van der Waals surface area (Å²) in [6.45, 7) is -0.158. The molecule has 0 fully saturated rings. The van der Waals surface area contributed by atoms with Gasteiger partial charge in [0.15, 0.2) is 18.2 Å². The first-order valence-corrected chi connectivity index (χ1v) is 8.40. The Morgan fingerprint density at radius 1 is 1.04 bits per heavy atom. The monoisotopic (exact) mass is 400 g/mol. The fourth-order valence-electron chi connectivity index (χ4n) is 2.36. The zero-order valence-corrected chi connectivity index (χ0v) is 15.2. The zero-order valence-electron chi connectivity index (χ0n) is 14.4. The van der Waals surface area contributed by atoms with E-state index in [9.17, 15) is 22.8 Å². The summed E-state index contributed by atoms with van der Waals surface area (Å²) in [5.41, 5.74) is 0.380. The van der Waals surface area contributed by atoms with E-state index >= 15 is 0 Å². The molecule has 1 atom stereocenters. The third kappa shape index (κ3) is 6.26. The molecule has 5 nitrogen and oxygen atoms in total. The van der Waals surface area contributed by atoms with Crippen molar-refractivity contribution in [1.82, 2.24) is 5.32 Å². The SMILES string of the molecule is C[NH+](CC(=O)NCC(=O)Nc1ccc(F)c(F)c1)Cc1c(F)cccc1Cl. The van der Waals surface area contributed by atoms with E-state index in [0.29, 0.717) is 10.5 Å². The Bertz CT molecular complexity index is 828. The number of anilines is 1. The molecular weight excluding hydrogens is 383 g/mol. The van der Waals surface area contributed by atoms with E-state index in [2.05, 4.69) is 10.6 Å². The Labute approximate surface area is 159 Å². The molecule has 0 aromatic heterocycles. The maximum atomic E-state index is 13.8. The van der Waals surface area contributed by atoms with Gasteiger partial charge in [0.2, 0.25) is 5.91 Å². The highest BCUT2D eigenvalue weighted by Gasteiger charge is 2.16. The number of likely N-dealkylation sites (N-methyl/N-ethyl adjacent to an activating group) is 1. The van der Waals surface area contributed by atoms with Crippen molar-refractivity contribution >= 4 is 29.1 Å². The highest BCUT2D eigenvalue weighted by atomic mass is 35.5. The van der Waals surface area contributed by atoms with Gasteiger partial charge >= 0.3 is 0 Å². The Morgan fingerprint density at radius 2 is 1.78 bits per heavy atom. The van der Waals surface area contributed by atoms with Gasteiger partial charge in [-0.15, -0.1) is 0 Å². The lowest BCUT2D eigenvalue weighted by Crippen LogP contribution is -3.09. The van der Waals surface area contributed by atoms with Crippen LogP contribution in [0.2, 0.25) is 5.02 Å². The lowest BCUT2D eigenvalue weighted by molar-refractivity contribution is -0.885. The number of hydrogen-bond donors (Lipinski definition) is 3. The van der Waals surface area contributed by atoms with Gasteiger partial charge in [-0.25, -0.2) is 13.2 Å². The molecule has 0 bridgehead atoms. The second-order valence-electron chi connectivity index (χ2n) is 5.96. The van der Waals surface area contributed by atoms with Crippen LogP contribution in [0, 0.1) is 17.5 Å². The van der Waals surface area contributed by atoms with Crippen LogP contribution in [-0.4, -0.2) is 32.0 Å². The van der Waals surface area contributed by atoms with Crippen LogP contribution >= 0.6 is 11.6 Å². The zero-order chi connectivity index (χ0) is 20.0. The number of quaternary nitrogens is 1. The molecule has 2 aromatic carbocycles. The lowest BCUT2D eigenvalue weighted by atomic mass is 10.2. The molecule has 9 heteroatoms. The number of carbonyl (C=O) groups excluding carboxylic acids is 2. The fraction of sp³-hybridized carbons (Fsp3) is 0.222. The van der Waals surface area contributed by atoms with Crippen molar-refractivity contribution in [2.75, 3.05) is 25.5 Å². The van der Waals surface area contributed by atoms with Crippen molar-refractivity contribution in [2.24, 2.45) is 0 Å². The third-order valence-corrected chi connectivity index (χ3v) is 4.01. The first kappa shape index (κ1) is 20.7. The number of benzene rings is 2. The summed E-state index contributed by atoms with van der Waals surface area (Å²) >= 11 is 5.95. The minimum Gasteiger partial charge on any atom is -0.342 e. The Morgan fingerprint density at radius 3 is 2.44 bits per heavy atom. The molecule has 2 amide bonds. The van der Waals surface area contributed by atoms with Gasteiger partial charge in [-0.05, 0) is 24.3 Å². The van der Waals surface area contributed by atoms with Gasteiger partial charge in [0.05, 0.1) is 24.2 Å². The minimum absolute atomic E-state index is 0.0108. The van der Waals surface area contributed by atoms with Gasteiger partial charge in [-0.2, -0.15) is 0 Å². The van der Waals surface area contributed by atoms with Gasteiger partial charge < -0.3 is 15.5 Å². The molecule has 0 aliphatic rings. The first-order chi connectivity index (χ1) is 12.8. The number of halogens is 4. The van der Waals surface area contributed by atoms with Crippen LogP contribution in [0.5, 0.6) is 0 Å². The summed E-state index contributed by atoms with van der Waals surface area (Å²) < 4.78 is 39.7. The van der Waals surface area contributed by atoms with Gasteiger partial charge in [-0.3, -0.25) is 9.59 Å². The van der Waals surface area contributed by atoms with Crippen LogP contribution in [0.3, 0.4) is 0 Å². The number of amides is 2. The average molecular weight is 401 g/mol. The van der Waals surface area contributed by atoms with E-state index in [1.54, 1.807) is 13.1 Å². The fourth-order valence-corrected chi connectivity index (χ4v) is 2.59. The van der Waals surface area contributed by atoms with E-state index in [1.807, 2.05) is 0 Å². The summed E-state index contributed by atoms with van der Waals surface area (Å²) in [4.78, 5) is 24.4. The molecule has 1 unspecified atom stereocenters. The summed E-state index contributed by atoms with van der Waals surface area (Å²) in [5, 5.41) is 5.03. The lowest BCUT2D eigenvalue weighted by Gasteiger charge is -2.15. The van der Waals surface area contributed by atoms with Crippen LogP contribution in [0.25, 0.3) is 0 Å². The van der Waals surface area contributed by atoms with Crippen molar-refractivity contribution in [2.45, 2.75) is 6.54 Å². The summed E-state index contributed by atoms with van der Waals surface area (Å²) in [7, 11) is 1.68. The number of hydrogen-bond acceptors (Lipinski definition) is 2. The molecule has 0 saturated carbocycles. The van der Waals surface area contributed by atoms with E-state index in [4.69, 9.17) is 11.6 Å².